The van der Waals surface area contributed by atoms with Crippen LogP contribution in [0.25, 0.3) is 0 Å². The lowest BCUT2D eigenvalue weighted by Crippen LogP contribution is -2.35. The molecule has 4 nitrogen and oxygen atoms in total. The van der Waals surface area contributed by atoms with E-state index < -0.39 is 6.03 Å². The predicted molar refractivity (Wildman–Crippen MR) is 29.0 cm³/mol. The summed E-state index contributed by atoms with van der Waals surface area (Å²) in [7, 11) is 0. The van der Waals surface area contributed by atoms with Crippen LogP contribution < -0.4 is 16.1 Å². The van der Waals surface area contributed by atoms with Gasteiger partial charge < -0.3 is 5.73 Å². The van der Waals surface area contributed by atoms with Gasteiger partial charge in [-0.3, -0.25) is 5.43 Å². The van der Waals surface area contributed by atoms with Gasteiger partial charge in [0.05, 0.1) is 0 Å². The monoisotopic (exact) mass is 145 g/mol. The SMILES string of the molecule is Cl.NC(=O)NNCl. The summed E-state index contributed by atoms with van der Waals surface area (Å²) in [5.41, 5.74) is 6.37. The number of nitrogens with one attached hydrogen (secondary N) is 2. The molecule has 44 valence electrons. The number of primary amides is 1. The van der Waals surface area contributed by atoms with Gasteiger partial charge in [0.1, 0.15) is 0 Å². The van der Waals surface area contributed by atoms with Crippen LogP contribution in [0, 0.1) is 0 Å². The number of amides is 2. The summed E-state index contributed by atoms with van der Waals surface area (Å²) in [6.45, 7) is 0. The van der Waals surface area contributed by atoms with Crippen molar-refractivity contribution in [1.29, 1.82) is 0 Å². The fraction of sp³-hybridized carbons (Fsp3) is 0. The van der Waals surface area contributed by atoms with Crippen molar-refractivity contribution in [2.45, 2.75) is 0 Å². The number of carbonyl (C=O) groups is 1. The van der Waals surface area contributed by atoms with Gasteiger partial charge in [0.15, 0.2) is 0 Å². The molecule has 4 N–H and O–H groups in total. The first-order chi connectivity index (χ1) is 2.77. The van der Waals surface area contributed by atoms with Crippen LogP contribution in [0.5, 0.6) is 0 Å². The molecular formula is CH5Cl2N3O. The average Bonchev–Trinajstić information content (AvgIpc) is 1.35. The van der Waals surface area contributed by atoms with Crippen LogP contribution in [0.3, 0.4) is 0 Å². The third kappa shape index (κ3) is 10.7. The van der Waals surface area contributed by atoms with E-state index in [0.717, 1.165) is 0 Å². The van der Waals surface area contributed by atoms with Gasteiger partial charge in [-0.05, 0) is 11.8 Å². The number of rotatable bonds is 1. The summed E-state index contributed by atoms with van der Waals surface area (Å²) < 4.78 is 0. The molecule has 0 rings (SSSR count). The van der Waals surface area contributed by atoms with E-state index in [4.69, 9.17) is 11.8 Å². The topological polar surface area (TPSA) is 67.2 Å². The van der Waals surface area contributed by atoms with Gasteiger partial charge in [-0.15, -0.1) is 17.4 Å². The average molecular weight is 146 g/mol. The van der Waals surface area contributed by atoms with E-state index in [1.165, 1.54) is 0 Å². The van der Waals surface area contributed by atoms with Crippen molar-refractivity contribution < 1.29 is 4.79 Å². The van der Waals surface area contributed by atoms with Gasteiger partial charge in [-0.1, -0.05) is 0 Å². The number of hydrogen-bond acceptors (Lipinski definition) is 2. The first-order valence-corrected chi connectivity index (χ1v) is 1.56. The predicted octanol–water partition coefficient (Wildman–Crippen LogP) is -0.265. The molecule has 2 amide bonds. The zero-order valence-corrected chi connectivity index (χ0v) is 4.84. The highest BCUT2D eigenvalue weighted by atomic mass is 35.5. The number of halogens is 2. The smallest absolute Gasteiger partial charge is 0.327 e. The summed E-state index contributed by atoms with van der Waals surface area (Å²) in [5.74, 6) is 0. The number of urea groups is 1. The van der Waals surface area contributed by atoms with Crippen molar-refractivity contribution >= 4 is 30.2 Å². The highest BCUT2D eigenvalue weighted by molar-refractivity contribution is 6.13. The summed E-state index contributed by atoms with van der Waals surface area (Å²) in [4.78, 5) is 11.4. The van der Waals surface area contributed by atoms with Crippen molar-refractivity contribution in [3.63, 3.8) is 0 Å². The van der Waals surface area contributed by atoms with Crippen LogP contribution in [0.15, 0.2) is 0 Å². The lowest BCUT2D eigenvalue weighted by molar-refractivity contribution is 0.248. The van der Waals surface area contributed by atoms with Gasteiger partial charge in [0, 0.05) is 0 Å². The highest BCUT2D eigenvalue weighted by Crippen LogP contribution is 1.49. The number of nitrogens with two attached hydrogens (primary N) is 1. The van der Waals surface area contributed by atoms with E-state index in [1.54, 1.807) is 0 Å². The van der Waals surface area contributed by atoms with Crippen molar-refractivity contribution in [3.05, 3.63) is 0 Å². The minimum Gasteiger partial charge on any atom is -0.351 e. The largest absolute Gasteiger partial charge is 0.351 e. The molecule has 0 aromatic carbocycles. The maximum absolute atomic E-state index is 9.56. The quantitative estimate of drug-likeness (QED) is 0.352. The molecular weight excluding hydrogens is 141 g/mol. The summed E-state index contributed by atoms with van der Waals surface area (Å²) in [6.07, 6.45) is 0. The van der Waals surface area contributed by atoms with E-state index in [-0.39, 0.29) is 12.4 Å². The molecule has 6 heteroatoms. The molecule has 0 aliphatic rings. The maximum atomic E-state index is 9.56. The summed E-state index contributed by atoms with van der Waals surface area (Å²) in [5, 5.41) is 0. The van der Waals surface area contributed by atoms with E-state index in [9.17, 15) is 4.79 Å². The Bertz CT molecular complexity index is 56.9. The molecule has 0 spiro atoms. The number of hydrogen-bond donors (Lipinski definition) is 3. The number of carbonyl (C=O) groups excluding carboxylic acids is 1. The van der Waals surface area contributed by atoms with Crippen LogP contribution in [0.2, 0.25) is 0 Å². The van der Waals surface area contributed by atoms with Crippen LogP contribution in [0.4, 0.5) is 4.79 Å². The number of hydrazine groups is 1. The van der Waals surface area contributed by atoms with Gasteiger partial charge in [0.2, 0.25) is 0 Å². The van der Waals surface area contributed by atoms with E-state index >= 15 is 0 Å². The Labute approximate surface area is 51.9 Å². The first-order valence-electron chi connectivity index (χ1n) is 1.18. The molecule has 0 aromatic rings. The van der Waals surface area contributed by atoms with Crippen LogP contribution in [-0.2, 0) is 0 Å². The Morgan fingerprint density at radius 1 is 1.71 bits per heavy atom. The van der Waals surface area contributed by atoms with Gasteiger partial charge in [-0.2, -0.15) is 0 Å². The fourth-order valence-electron chi connectivity index (χ4n) is 0.0466. The third-order valence-corrected chi connectivity index (χ3v) is 0.265. The Hall–Kier alpha value is -0.190. The Kier molecular flexibility index (Phi) is 8.25. The molecule has 0 aliphatic heterocycles. The minimum absolute atomic E-state index is 0. The van der Waals surface area contributed by atoms with Crippen LogP contribution in [0.1, 0.15) is 0 Å². The Balaban J connectivity index is 0. The van der Waals surface area contributed by atoms with Gasteiger partial charge >= 0.3 is 6.03 Å². The van der Waals surface area contributed by atoms with E-state index in [0.29, 0.717) is 0 Å². The van der Waals surface area contributed by atoms with Crippen molar-refractivity contribution in [3.8, 4) is 0 Å². The van der Waals surface area contributed by atoms with Crippen LogP contribution in [-0.4, -0.2) is 6.03 Å². The molecule has 0 heterocycles. The lowest BCUT2D eigenvalue weighted by atomic mass is 11.2. The highest BCUT2D eigenvalue weighted by Gasteiger charge is 1.79. The normalized spacial score (nSPS) is 6.43. The molecule has 0 radical (unpaired) electrons. The second-order valence-corrected chi connectivity index (χ2v) is 0.773. The van der Waals surface area contributed by atoms with Crippen LogP contribution >= 0.6 is 24.2 Å². The summed E-state index contributed by atoms with van der Waals surface area (Å²) >= 11 is 4.73. The molecule has 0 bridgehead atoms. The molecule has 7 heavy (non-hydrogen) atoms. The second kappa shape index (κ2) is 5.81. The standard InChI is InChI=1S/CH4ClN3O.ClH/c2-5-4-1(3)6;/h5H,(H3,3,4,6);1H. The van der Waals surface area contributed by atoms with Crippen molar-refractivity contribution in [1.82, 2.24) is 10.4 Å². The zero-order valence-electron chi connectivity index (χ0n) is 3.27. The van der Waals surface area contributed by atoms with E-state index in [2.05, 4.69) is 5.73 Å². The molecule has 0 aromatic heterocycles. The molecule has 0 fully saturated rings. The zero-order chi connectivity index (χ0) is 4.99. The fourth-order valence-corrected chi connectivity index (χ4v) is 0.140. The Morgan fingerprint density at radius 2 is 2.14 bits per heavy atom. The van der Waals surface area contributed by atoms with Crippen molar-refractivity contribution in [2.75, 3.05) is 0 Å². The molecule has 0 aliphatic carbocycles. The summed E-state index contributed by atoms with van der Waals surface area (Å²) in [6, 6.07) is -0.704. The minimum atomic E-state index is -0.704. The lowest BCUT2D eigenvalue weighted by Gasteiger charge is -1.88. The molecule has 0 atom stereocenters. The molecule has 0 unspecified atom stereocenters. The molecule has 0 saturated heterocycles. The Morgan fingerprint density at radius 3 is 2.14 bits per heavy atom. The third-order valence-electron chi connectivity index (χ3n) is 0.170. The van der Waals surface area contributed by atoms with Gasteiger partial charge in [-0.25, -0.2) is 4.79 Å². The second-order valence-electron chi connectivity index (χ2n) is 0.584. The van der Waals surface area contributed by atoms with E-state index in [1.807, 2.05) is 10.4 Å². The van der Waals surface area contributed by atoms with Crippen molar-refractivity contribution in [2.24, 2.45) is 5.73 Å². The first kappa shape index (κ1) is 9.94. The maximum Gasteiger partial charge on any atom is 0.327 e. The van der Waals surface area contributed by atoms with Gasteiger partial charge in [0.25, 0.3) is 0 Å². The molecule has 0 saturated carbocycles.